The highest BCUT2D eigenvalue weighted by atomic mass is 32.2. The lowest BCUT2D eigenvalue weighted by Crippen LogP contribution is -2.36. The quantitative estimate of drug-likeness (QED) is 0.630. The van der Waals surface area contributed by atoms with Crippen LogP contribution in [0.2, 0.25) is 0 Å². The van der Waals surface area contributed by atoms with Crippen LogP contribution in [0.15, 0.2) is 53.4 Å². The molecule has 3 rings (SSSR count). The van der Waals surface area contributed by atoms with E-state index in [0.29, 0.717) is 25.2 Å². The fourth-order valence-electron chi connectivity index (χ4n) is 3.48. The Balaban J connectivity index is 1.50. The number of hydrogen-bond acceptors (Lipinski definition) is 5. The van der Waals surface area contributed by atoms with Crippen LogP contribution < -0.4 is 15.4 Å². The highest BCUT2D eigenvalue weighted by Crippen LogP contribution is 2.20. The van der Waals surface area contributed by atoms with E-state index in [-0.39, 0.29) is 17.3 Å². The zero-order valence-electron chi connectivity index (χ0n) is 18.2. The van der Waals surface area contributed by atoms with Gasteiger partial charge in [0.05, 0.1) is 18.6 Å². The first-order valence-electron chi connectivity index (χ1n) is 10.7. The summed E-state index contributed by atoms with van der Waals surface area (Å²) in [6.45, 7) is 1.21. The molecule has 1 saturated heterocycles. The number of amides is 2. The summed E-state index contributed by atoms with van der Waals surface area (Å²) in [5.74, 6) is -0.0320. The maximum absolute atomic E-state index is 12.8. The molecule has 2 N–H and O–H groups in total. The van der Waals surface area contributed by atoms with Gasteiger partial charge in [0.2, 0.25) is 15.9 Å². The first-order chi connectivity index (χ1) is 15.4. The van der Waals surface area contributed by atoms with E-state index >= 15 is 0 Å². The SMILES string of the molecule is COc1ccc(CNC(=O)CNC(=O)c2ccc(S(=O)(=O)N3CCCCCC3)cc2)cc1. The summed E-state index contributed by atoms with van der Waals surface area (Å²) in [5.41, 5.74) is 1.20. The van der Waals surface area contributed by atoms with Crippen molar-refractivity contribution in [1.29, 1.82) is 0 Å². The lowest BCUT2D eigenvalue weighted by Gasteiger charge is -2.20. The molecule has 0 atom stereocenters. The minimum atomic E-state index is -3.56. The van der Waals surface area contributed by atoms with Crippen molar-refractivity contribution >= 4 is 21.8 Å². The number of carbonyl (C=O) groups excluding carboxylic acids is 2. The van der Waals surface area contributed by atoms with Crippen LogP contribution in [0.3, 0.4) is 0 Å². The van der Waals surface area contributed by atoms with E-state index in [0.717, 1.165) is 37.0 Å². The molecule has 2 aromatic rings. The third-order valence-electron chi connectivity index (χ3n) is 5.38. The average Bonchev–Trinajstić information content (AvgIpc) is 3.12. The Morgan fingerprint density at radius 1 is 0.906 bits per heavy atom. The number of sulfonamides is 1. The molecule has 9 heteroatoms. The number of hydrogen-bond donors (Lipinski definition) is 2. The molecular weight excluding hydrogens is 430 g/mol. The van der Waals surface area contributed by atoms with Crippen LogP contribution >= 0.6 is 0 Å². The summed E-state index contributed by atoms with van der Waals surface area (Å²) in [6, 6.07) is 13.1. The molecule has 0 saturated carbocycles. The Morgan fingerprint density at radius 3 is 2.12 bits per heavy atom. The van der Waals surface area contributed by atoms with Gasteiger partial charge in [0.25, 0.3) is 5.91 Å². The zero-order chi connectivity index (χ0) is 23.0. The largest absolute Gasteiger partial charge is 0.497 e. The van der Waals surface area contributed by atoms with Gasteiger partial charge in [-0.25, -0.2) is 8.42 Å². The Kier molecular flexibility index (Phi) is 8.24. The number of methoxy groups -OCH3 is 1. The van der Waals surface area contributed by atoms with Crippen LogP contribution in [0.4, 0.5) is 0 Å². The van der Waals surface area contributed by atoms with Crippen molar-refractivity contribution in [3.05, 3.63) is 59.7 Å². The highest BCUT2D eigenvalue weighted by Gasteiger charge is 2.25. The van der Waals surface area contributed by atoms with Gasteiger partial charge in [-0.1, -0.05) is 25.0 Å². The molecule has 1 fully saturated rings. The average molecular weight is 460 g/mol. The van der Waals surface area contributed by atoms with E-state index < -0.39 is 15.9 Å². The number of benzene rings is 2. The lowest BCUT2D eigenvalue weighted by molar-refractivity contribution is -0.120. The van der Waals surface area contributed by atoms with Crippen molar-refractivity contribution in [2.75, 3.05) is 26.7 Å². The van der Waals surface area contributed by atoms with E-state index in [4.69, 9.17) is 4.74 Å². The van der Waals surface area contributed by atoms with Gasteiger partial charge < -0.3 is 15.4 Å². The maximum atomic E-state index is 12.8. The standard InChI is InChI=1S/C23H29N3O5S/c1-31-20-10-6-18(7-11-20)16-24-22(27)17-25-23(28)19-8-12-21(13-9-19)32(29,30)26-14-4-2-3-5-15-26/h6-13H,2-5,14-17H2,1H3,(H,24,27)(H,25,28). The summed E-state index contributed by atoms with van der Waals surface area (Å²) in [6.07, 6.45) is 3.80. The molecule has 0 aromatic heterocycles. The number of ether oxygens (including phenoxy) is 1. The van der Waals surface area contributed by atoms with Crippen molar-refractivity contribution in [3.63, 3.8) is 0 Å². The molecule has 0 unspecified atom stereocenters. The first kappa shape index (κ1) is 23.7. The van der Waals surface area contributed by atoms with Crippen molar-refractivity contribution < 1.29 is 22.7 Å². The van der Waals surface area contributed by atoms with Crippen LogP contribution in [0, 0.1) is 0 Å². The van der Waals surface area contributed by atoms with Crippen LogP contribution in [-0.2, 0) is 21.4 Å². The number of nitrogens with one attached hydrogen (secondary N) is 2. The zero-order valence-corrected chi connectivity index (χ0v) is 19.0. The minimum Gasteiger partial charge on any atom is -0.497 e. The van der Waals surface area contributed by atoms with Crippen molar-refractivity contribution in [2.45, 2.75) is 37.1 Å². The highest BCUT2D eigenvalue weighted by molar-refractivity contribution is 7.89. The van der Waals surface area contributed by atoms with Crippen LogP contribution in [-0.4, -0.2) is 51.3 Å². The van der Waals surface area contributed by atoms with Gasteiger partial charge in [0.1, 0.15) is 5.75 Å². The van der Waals surface area contributed by atoms with Gasteiger partial charge in [-0.15, -0.1) is 0 Å². The fourth-order valence-corrected chi connectivity index (χ4v) is 5.00. The summed E-state index contributed by atoms with van der Waals surface area (Å²) in [5, 5.41) is 5.29. The van der Waals surface area contributed by atoms with Gasteiger partial charge in [-0.3, -0.25) is 9.59 Å². The number of carbonyl (C=O) groups is 2. The molecule has 8 nitrogen and oxygen atoms in total. The topological polar surface area (TPSA) is 105 Å². The Bertz CT molecular complexity index is 1010. The van der Waals surface area contributed by atoms with E-state index in [9.17, 15) is 18.0 Å². The smallest absolute Gasteiger partial charge is 0.251 e. The van der Waals surface area contributed by atoms with Gasteiger partial charge in [-0.2, -0.15) is 4.31 Å². The predicted octanol–water partition coefficient (Wildman–Crippen LogP) is 2.31. The third kappa shape index (κ3) is 6.30. The van der Waals surface area contributed by atoms with Crippen molar-refractivity contribution in [3.8, 4) is 5.75 Å². The molecule has 1 heterocycles. The fraction of sp³-hybridized carbons (Fsp3) is 0.391. The molecule has 172 valence electrons. The van der Waals surface area contributed by atoms with Crippen molar-refractivity contribution in [1.82, 2.24) is 14.9 Å². The minimum absolute atomic E-state index is 0.174. The first-order valence-corrected chi connectivity index (χ1v) is 12.1. The second kappa shape index (κ2) is 11.1. The molecule has 0 bridgehead atoms. The van der Waals surface area contributed by atoms with Gasteiger partial charge in [-0.05, 0) is 54.8 Å². The molecule has 1 aliphatic rings. The second-order valence-electron chi connectivity index (χ2n) is 7.65. The van der Waals surface area contributed by atoms with Crippen molar-refractivity contribution in [2.24, 2.45) is 0 Å². The van der Waals surface area contributed by atoms with E-state index in [1.807, 2.05) is 12.1 Å². The van der Waals surface area contributed by atoms with Crippen LogP contribution in [0.1, 0.15) is 41.6 Å². The monoisotopic (exact) mass is 459 g/mol. The molecule has 0 aliphatic carbocycles. The van der Waals surface area contributed by atoms with Gasteiger partial charge in [0, 0.05) is 25.2 Å². The number of rotatable bonds is 8. The predicted molar refractivity (Wildman–Crippen MR) is 121 cm³/mol. The second-order valence-corrected chi connectivity index (χ2v) is 9.59. The lowest BCUT2D eigenvalue weighted by atomic mass is 10.2. The molecule has 0 spiro atoms. The molecule has 2 amide bonds. The molecule has 2 aromatic carbocycles. The van der Waals surface area contributed by atoms with E-state index in [1.54, 1.807) is 19.2 Å². The molecule has 1 aliphatic heterocycles. The third-order valence-corrected chi connectivity index (χ3v) is 7.29. The molecule has 32 heavy (non-hydrogen) atoms. The van der Waals surface area contributed by atoms with Gasteiger partial charge in [0.15, 0.2) is 0 Å². The van der Waals surface area contributed by atoms with Gasteiger partial charge >= 0.3 is 0 Å². The Morgan fingerprint density at radius 2 is 1.53 bits per heavy atom. The van der Waals surface area contributed by atoms with E-state index in [1.165, 1.54) is 28.6 Å². The molecular formula is C23H29N3O5S. The van der Waals surface area contributed by atoms with Crippen LogP contribution in [0.5, 0.6) is 5.75 Å². The summed E-state index contributed by atoms with van der Waals surface area (Å²) in [4.78, 5) is 24.5. The normalized spacial score (nSPS) is 14.9. The summed E-state index contributed by atoms with van der Waals surface area (Å²) >= 11 is 0. The summed E-state index contributed by atoms with van der Waals surface area (Å²) < 4.78 is 32.3. The number of nitrogens with zero attached hydrogens (tertiary/aromatic N) is 1. The van der Waals surface area contributed by atoms with E-state index in [2.05, 4.69) is 10.6 Å². The Hall–Kier alpha value is -2.91. The Labute approximate surface area is 189 Å². The molecule has 0 radical (unpaired) electrons. The maximum Gasteiger partial charge on any atom is 0.251 e. The van der Waals surface area contributed by atoms with Crippen LogP contribution in [0.25, 0.3) is 0 Å². The summed E-state index contributed by atoms with van der Waals surface area (Å²) in [7, 11) is -1.98.